The summed E-state index contributed by atoms with van der Waals surface area (Å²) in [6.45, 7) is 9.99. The number of rotatable bonds is 4. The molecule has 0 amide bonds. The number of fused-ring (bicyclic) bond motifs is 2. The van der Waals surface area contributed by atoms with E-state index in [0.29, 0.717) is 6.61 Å². The van der Waals surface area contributed by atoms with Crippen LogP contribution in [-0.2, 0) is 9.47 Å². The maximum atomic E-state index is 10.8. The minimum absolute atomic E-state index is 0.0899. The van der Waals surface area contributed by atoms with Crippen LogP contribution in [0.25, 0.3) is 0 Å². The Morgan fingerprint density at radius 3 is 2.86 bits per heavy atom. The molecule has 2 fully saturated rings. The second-order valence-corrected chi connectivity index (χ2v) is 7.65. The molecule has 124 valence electrons. The molecule has 22 heavy (non-hydrogen) atoms. The van der Waals surface area contributed by atoms with Crippen molar-refractivity contribution in [3.05, 3.63) is 18.0 Å². The van der Waals surface area contributed by atoms with Crippen LogP contribution >= 0.6 is 0 Å². The highest BCUT2D eigenvalue weighted by Crippen LogP contribution is 2.35. The molecule has 2 bridgehead atoms. The topological polar surface area (TPSA) is 68.5 Å². The van der Waals surface area contributed by atoms with Crippen molar-refractivity contribution < 1.29 is 14.6 Å². The van der Waals surface area contributed by atoms with E-state index >= 15 is 0 Å². The van der Waals surface area contributed by atoms with Crippen molar-refractivity contribution in [3.8, 4) is 0 Å². The van der Waals surface area contributed by atoms with Gasteiger partial charge in [-0.3, -0.25) is 4.68 Å². The largest absolute Gasteiger partial charge is 0.389 e. The maximum absolute atomic E-state index is 10.8. The Labute approximate surface area is 131 Å². The van der Waals surface area contributed by atoms with Gasteiger partial charge in [0.05, 0.1) is 24.9 Å². The molecule has 3 rings (SSSR count). The van der Waals surface area contributed by atoms with Crippen LogP contribution in [0, 0.1) is 12.3 Å². The number of hydrogen-bond donors (Lipinski definition) is 2. The summed E-state index contributed by atoms with van der Waals surface area (Å²) in [6.07, 6.45) is 3.67. The molecular formula is C16H27N3O3. The fraction of sp³-hybridized carbons (Fsp3) is 0.812. The molecule has 2 N–H and O–H groups in total. The van der Waals surface area contributed by atoms with Gasteiger partial charge < -0.3 is 19.9 Å². The van der Waals surface area contributed by atoms with Gasteiger partial charge in [0.1, 0.15) is 12.1 Å². The van der Waals surface area contributed by atoms with E-state index in [1.807, 2.05) is 13.1 Å². The smallest absolute Gasteiger partial charge is 0.183 e. The summed E-state index contributed by atoms with van der Waals surface area (Å²) < 4.78 is 13.4. The zero-order valence-corrected chi connectivity index (χ0v) is 13.8. The van der Waals surface area contributed by atoms with Crippen LogP contribution < -0.4 is 5.32 Å². The first kappa shape index (κ1) is 15.9. The zero-order chi connectivity index (χ0) is 15.9. The van der Waals surface area contributed by atoms with E-state index in [-0.39, 0.29) is 23.6 Å². The molecule has 6 nitrogen and oxygen atoms in total. The summed E-state index contributed by atoms with van der Waals surface area (Å²) in [5.41, 5.74) is 1.32. The molecule has 0 unspecified atom stereocenters. The molecule has 0 aromatic carbocycles. The highest BCUT2D eigenvalue weighted by molar-refractivity contribution is 5.05. The summed E-state index contributed by atoms with van der Waals surface area (Å²) in [4.78, 5) is 0. The number of nitrogens with zero attached hydrogens (tertiary/aromatic N) is 2. The predicted molar refractivity (Wildman–Crippen MR) is 82.5 cm³/mol. The Bertz CT molecular complexity index is 511. The van der Waals surface area contributed by atoms with Crippen LogP contribution in [0.5, 0.6) is 0 Å². The van der Waals surface area contributed by atoms with E-state index < -0.39 is 12.4 Å². The third-order valence-electron chi connectivity index (χ3n) is 4.42. The summed E-state index contributed by atoms with van der Waals surface area (Å²) in [7, 11) is 0. The first-order valence-electron chi connectivity index (χ1n) is 8.04. The summed E-state index contributed by atoms with van der Waals surface area (Å²) in [6, 6.07) is -0.435. The van der Waals surface area contributed by atoms with Crippen molar-refractivity contribution in [2.24, 2.45) is 5.41 Å². The van der Waals surface area contributed by atoms with E-state index in [1.165, 1.54) is 0 Å². The SMILES string of the molecule is Cc1cnn([C@H]2[C@@H]3OC[C@@H](O3)[C@@H](NCCC(C)(C)C)[C@@H]2O)c1. The van der Waals surface area contributed by atoms with Crippen LogP contribution in [-0.4, -0.2) is 52.6 Å². The van der Waals surface area contributed by atoms with Gasteiger partial charge >= 0.3 is 0 Å². The fourth-order valence-corrected chi connectivity index (χ4v) is 3.14. The van der Waals surface area contributed by atoms with Gasteiger partial charge in [-0.1, -0.05) is 20.8 Å². The van der Waals surface area contributed by atoms with Crippen molar-refractivity contribution in [2.45, 2.75) is 64.7 Å². The van der Waals surface area contributed by atoms with E-state index in [0.717, 1.165) is 18.5 Å². The summed E-state index contributed by atoms with van der Waals surface area (Å²) in [5, 5.41) is 18.6. The average Bonchev–Trinajstić information content (AvgIpc) is 3.01. The van der Waals surface area contributed by atoms with Gasteiger partial charge in [0.25, 0.3) is 0 Å². The van der Waals surface area contributed by atoms with Gasteiger partial charge in [-0.2, -0.15) is 5.10 Å². The first-order chi connectivity index (χ1) is 10.3. The second kappa shape index (κ2) is 5.92. The Morgan fingerprint density at radius 2 is 2.23 bits per heavy atom. The van der Waals surface area contributed by atoms with Gasteiger partial charge in [0.15, 0.2) is 6.29 Å². The number of aryl methyl sites for hydroxylation is 1. The molecule has 2 aliphatic rings. The minimum atomic E-state index is -0.578. The summed E-state index contributed by atoms with van der Waals surface area (Å²) in [5.74, 6) is 0. The van der Waals surface area contributed by atoms with E-state index in [4.69, 9.17) is 9.47 Å². The Kier molecular flexibility index (Phi) is 4.29. The number of ether oxygens (including phenoxy) is 2. The van der Waals surface area contributed by atoms with Gasteiger partial charge in [-0.05, 0) is 30.9 Å². The van der Waals surface area contributed by atoms with Crippen molar-refractivity contribution in [1.29, 1.82) is 0 Å². The molecule has 2 saturated heterocycles. The molecule has 0 aliphatic carbocycles. The lowest BCUT2D eigenvalue weighted by Gasteiger charge is -2.39. The molecule has 6 heteroatoms. The highest BCUT2D eigenvalue weighted by Gasteiger charge is 2.51. The lowest BCUT2D eigenvalue weighted by Crippen LogP contribution is -2.58. The molecule has 0 spiro atoms. The van der Waals surface area contributed by atoms with Crippen molar-refractivity contribution in [3.63, 3.8) is 0 Å². The van der Waals surface area contributed by atoms with Gasteiger partial charge in [-0.25, -0.2) is 0 Å². The molecular weight excluding hydrogens is 282 g/mol. The molecule has 0 saturated carbocycles. The first-order valence-corrected chi connectivity index (χ1v) is 8.04. The van der Waals surface area contributed by atoms with Crippen molar-refractivity contribution >= 4 is 0 Å². The van der Waals surface area contributed by atoms with Crippen LogP contribution in [0.3, 0.4) is 0 Å². The fourth-order valence-electron chi connectivity index (χ4n) is 3.14. The van der Waals surface area contributed by atoms with E-state index in [2.05, 4.69) is 31.2 Å². The number of aliphatic hydroxyl groups excluding tert-OH is 1. The van der Waals surface area contributed by atoms with Gasteiger partial charge in [0.2, 0.25) is 0 Å². The maximum Gasteiger partial charge on any atom is 0.183 e. The van der Waals surface area contributed by atoms with Crippen LogP contribution in [0.1, 0.15) is 38.8 Å². The lowest BCUT2D eigenvalue weighted by atomic mass is 9.91. The Morgan fingerprint density at radius 1 is 1.45 bits per heavy atom. The molecule has 2 aliphatic heterocycles. The average molecular weight is 309 g/mol. The number of aliphatic hydroxyl groups is 1. The van der Waals surface area contributed by atoms with Crippen LogP contribution in [0.4, 0.5) is 0 Å². The Balaban J connectivity index is 1.71. The normalized spacial score (nSPS) is 35.0. The number of nitrogens with one attached hydrogen (secondary N) is 1. The molecule has 3 heterocycles. The second-order valence-electron chi connectivity index (χ2n) is 7.65. The zero-order valence-electron chi connectivity index (χ0n) is 13.8. The number of hydrogen-bond acceptors (Lipinski definition) is 5. The minimum Gasteiger partial charge on any atom is -0.389 e. The molecule has 1 aromatic heterocycles. The van der Waals surface area contributed by atoms with Gasteiger partial charge in [0, 0.05) is 6.20 Å². The van der Waals surface area contributed by atoms with Crippen molar-refractivity contribution in [1.82, 2.24) is 15.1 Å². The number of aromatic nitrogens is 2. The third-order valence-corrected chi connectivity index (χ3v) is 4.42. The quantitative estimate of drug-likeness (QED) is 0.876. The van der Waals surface area contributed by atoms with Crippen LogP contribution in [0.2, 0.25) is 0 Å². The molecule has 0 radical (unpaired) electrons. The monoisotopic (exact) mass is 309 g/mol. The third kappa shape index (κ3) is 3.20. The molecule has 5 atom stereocenters. The van der Waals surface area contributed by atoms with Crippen molar-refractivity contribution in [2.75, 3.05) is 13.2 Å². The van der Waals surface area contributed by atoms with Crippen LogP contribution in [0.15, 0.2) is 12.4 Å². The predicted octanol–water partition coefficient (Wildman–Crippen LogP) is 1.24. The standard InChI is InChI=1S/C16H27N3O3/c1-10-7-18-19(8-10)13-14(20)12(11-9-21-15(13)22-11)17-6-5-16(2,3)4/h7-8,11-15,17,20H,5-6,9H2,1-4H3/t11-,12-,13-,14+,15-/m1/s1. The van der Waals surface area contributed by atoms with E-state index in [9.17, 15) is 5.11 Å². The lowest BCUT2D eigenvalue weighted by molar-refractivity contribution is -0.168. The van der Waals surface area contributed by atoms with E-state index in [1.54, 1.807) is 10.9 Å². The van der Waals surface area contributed by atoms with Gasteiger partial charge in [-0.15, -0.1) is 0 Å². The Hall–Kier alpha value is -0.950. The molecule has 1 aromatic rings. The summed E-state index contributed by atoms with van der Waals surface area (Å²) >= 11 is 0. The highest BCUT2D eigenvalue weighted by atomic mass is 16.7.